The molecule has 3 rings (SSSR count). The third-order valence-corrected chi connectivity index (χ3v) is 4.04. The van der Waals surface area contributed by atoms with Crippen molar-refractivity contribution in [1.29, 1.82) is 0 Å². The van der Waals surface area contributed by atoms with Crippen LogP contribution in [0.4, 0.5) is 0 Å². The predicted molar refractivity (Wildman–Crippen MR) is 60.9 cm³/mol. The predicted octanol–water partition coefficient (Wildman–Crippen LogP) is 3.42. The lowest BCUT2D eigenvalue weighted by Crippen LogP contribution is -2.38. The van der Waals surface area contributed by atoms with Crippen LogP contribution >= 0.6 is 0 Å². The highest BCUT2D eigenvalue weighted by Crippen LogP contribution is 2.43. The van der Waals surface area contributed by atoms with Gasteiger partial charge in [0.2, 0.25) is 0 Å². The molecule has 15 heavy (non-hydrogen) atoms. The molecular weight excluding hydrogens is 184 g/mol. The van der Waals surface area contributed by atoms with Gasteiger partial charge in [-0.05, 0) is 24.0 Å². The van der Waals surface area contributed by atoms with Gasteiger partial charge in [-0.2, -0.15) is 0 Å². The van der Waals surface area contributed by atoms with Crippen LogP contribution in [0.2, 0.25) is 0 Å². The summed E-state index contributed by atoms with van der Waals surface area (Å²) in [6.45, 7) is 1.77. The van der Waals surface area contributed by atoms with Gasteiger partial charge in [0.15, 0.2) is 0 Å². The fraction of sp³-hybridized carbons (Fsp3) is 0.571. The lowest BCUT2D eigenvalue weighted by atomic mass is 9.68. The van der Waals surface area contributed by atoms with E-state index in [1.165, 1.54) is 37.7 Å². The summed E-state index contributed by atoms with van der Waals surface area (Å²) >= 11 is 0. The fourth-order valence-corrected chi connectivity index (χ4v) is 3.24. The minimum atomic E-state index is 0.368. The molecular formula is C14H18O. The van der Waals surface area contributed by atoms with Crippen molar-refractivity contribution in [3.8, 4) is 0 Å². The van der Waals surface area contributed by atoms with Crippen molar-refractivity contribution < 1.29 is 4.74 Å². The van der Waals surface area contributed by atoms with Gasteiger partial charge >= 0.3 is 0 Å². The zero-order valence-corrected chi connectivity index (χ0v) is 9.17. The Kier molecular flexibility index (Phi) is 2.28. The van der Waals surface area contributed by atoms with Crippen LogP contribution in [0, 0.1) is 0 Å². The molecule has 1 spiro atoms. The van der Waals surface area contributed by atoms with Crippen molar-refractivity contribution in [2.75, 3.05) is 6.61 Å². The van der Waals surface area contributed by atoms with E-state index >= 15 is 0 Å². The summed E-state index contributed by atoms with van der Waals surface area (Å²) in [6.07, 6.45) is 6.80. The normalized spacial score (nSPS) is 23.7. The van der Waals surface area contributed by atoms with E-state index in [0.29, 0.717) is 5.41 Å². The van der Waals surface area contributed by atoms with Crippen LogP contribution in [0.25, 0.3) is 0 Å². The average molecular weight is 202 g/mol. The summed E-state index contributed by atoms with van der Waals surface area (Å²) < 4.78 is 5.79. The number of hydrogen-bond acceptors (Lipinski definition) is 1. The van der Waals surface area contributed by atoms with Gasteiger partial charge in [0.1, 0.15) is 0 Å². The summed E-state index contributed by atoms with van der Waals surface area (Å²) in [5.74, 6) is 0. The second-order valence-corrected chi connectivity index (χ2v) is 4.99. The van der Waals surface area contributed by atoms with E-state index in [1.807, 2.05) is 0 Å². The molecule has 1 aliphatic carbocycles. The van der Waals surface area contributed by atoms with Crippen molar-refractivity contribution in [2.45, 2.75) is 44.1 Å². The Labute approximate surface area is 91.5 Å². The van der Waals surface area contributed by atoms with Gasteiger partial charge in [0, 0.05) is 5.41 Å². The van der Waals surface area contributed by atoms with Crippen LogP contribution < -0.4 is 0 Å². The molecule has 0 N–H and O–H groups in total. The van der Waals surface area contributed by atoms with Gasteiger partial charge in [-0.15, -0.1) is 0 Å². The average Bonchev–Trinajstić information content (AvgIpc) is 2.31. The van der Waals surface area contributed by atoms with E-state index in [2.05, 4.69) is 24.3 Å². The molecule has 1 aromatic carbocycles. The molecule has 1 saturated carbocycles. The lowest BCUT2D eigenvalue weighted by molar-refractivity contribution is 0.0344. The quantitative estimate of drug-likeness (QED) is 0.626. The molecule has 0 saturated heterocycles. The second-order valence-electron chi connectivity index (χ2n) is 4.99. The first-order valence-corrected chi connectivity index (χ1v) is 6.07. The Bertz CT molecular complexity index is 350. The van der Waals surface area contributed by atoms with Crippen LogP contribution in [-0.2, 0) is 16.8 Å². The highest BCUT2D eigenvalue weighted by Gasteiger charge is 2.37. The molecule has 1 heterocycles. The minimum absolute atomic E-state index is 0.368. The number of hydrogen-bond donors (Lipinski definition) is 0. The van der Waals surface area contributed by atoms with Gasteiger partial charge in [0.25, 0.3) is 0 Å². The van der Waals surface area contributed by atoms with Gasteiger partial charge in [-0.3, -0.25) is 0 Å². The first-order chi connectivity index (χ1) is 7.41. The van der Waals surface area contributed by atoms with E-state index in [4.69, 9.17) is 4.74 Å². The van der Waals surface area contributed by atoms with Crippen LogP contribution in [0.1, 0.15) is 43.2 Å². The fourth-order valence-electron chi connectivity index (χ4n) is 3.24. The number of ether oxygens (including phenoxy) is 1. The van der Waals surface area contributed by atoms with Crippen molar-refractivity contribution in [3.63, 3.8) is 0 Å². The Morgan fingerprint density at radius 1 is 1.00 bits per heavy atom. The summed E-state index contributed by atoms with van der Waals surface area (Å²) in [5.41, 5.74) is 3.37. The van der Waals surface area contributed by atoms with E-state index in [0.717, 1.165) is 13.2 Å². The SMILES string of the molecule is c1ccc2c(c1)COCC21CCCCC1. The van der Waals surface area contributed by atoms with Gasteiger partial charge in [-0.25, -0.2) is 0 Å². The Morgan fingerprint density at radius 2 is 1.80 bits per heavy atom. The van der Waals surface area contributed by atoms with Crippen molar-refractivity contribution in [2.24, 2.45) is 0 Å². The molecule has 0 radical (unpaired) electrons. The molecule has 0 unspecified atom stereocenters. The summed E-state index contributed by atoms with van der Waals surface area (Å²) in [7, 11) is 0. The lowest BCUT2D eigenvalue weighted by Gasteiger charge is -2.41. The van der Waals surface area contributed by atoms with Crippen molar-refractivity contribution >= 4 is 0 Å². The molecule has 1 aliphatic heterocycles. The molecule has 0 bridgehead atoms. The number of fused-ring (bicyclic) bond motifs is 2. The highest BCUT2D eigenvalue weighted by atomic mass is 16.5. The topological polar surface area (TPSA) is 9.23 Å². The first kappa shape index (κ1) is 9.41. The molecule has 1 nitrogen and oxygen atoms in total. The Morgan fingerprint density at radius 3 is 2.67 bits per heavy atom. The molecule has 0 amide bonds. The third kappa shape index (κ3) is 1.50. The van der Waals surface area contributed by atoms with Gasteiger partial charge in [-0.1, -0.05) is 43.5 Å². The summed E-state index contributed by atoms with van der Waals surface area (Å²) in [6, 6.07) is 8.86. The number of benzene rings is 1. The second kappa shape index (κ2) is 3.64. The van der Waals surface area contributed by atoms with Gasteiger partial charge < -0.3 is 4.74 Å². The maximum Gasteiger partial charge on any atom is 0.0720 e. The van der Waals surface area contributed by atoms with E-state index in [1.54, 1.807) is 5.56 Å². The van der Waals surface area contributed by atoms with E-state index < -0.39 is 0 Å². The molecule has 1 fully saturated rings. The van der Waals surface area contributed by atoms with Crippen molar-refractivity contribution in [1.82, 2.24) is 0 Å². The van der Waals surface area contributed by atoms with E-state index in [9.17, 15) is 0 Å². The summed E-state index contributed by atoms with van der Waals surface area (Å²) in [5, 5.41) is 0. The molecule has 1 aromatic rings. The third-order valence-electron chi connectivity index (χ3n) is 4.04. The Hall–Kier alpha value is -0.820. The smallest absolute Gasteiger partial charge is 0.0720 e. The highest BCUT2D eigenvalue weighted by molar-refractivity contribution is 5.36. The molecule has 2 aliphatic rings. The van der Waals surface area contributed by atoms with E-state index in [-0.39, 0.29) is 0 Å². The monoisotopic (exact) mass is 202 g/mol. The van der Waals surface area contributed by atoms with Crippen LogP contribution in [0.15, 0.2) is 24.3 Å². The molecule has 0 atom stereocenters. The van der Waals surface area contributed by atoms with Crippen LogP contribution in [0.5, 0.6) is 0 Å². The van der Waals surface area contributed by atoms with Crippen LogP contribution in [0.3, 0.4) is 0 Å². The zero-order valence-electron chi connectivity index (χ0n) is 9.17. The molecule has 1 heteroatoms. The Balaban J connectivity index is 2.04. The molecule has 0 aromatic heterocycles. The van der Waals surface area contributed by atoms with Crippen LogP contribution in [-0.4, -0.2) is 6.61 Å². The van der Waals surface area contributed by atoms with Gasteiger partial charge in [0.05, 0.1) is 13.2 Å². The molecule has 80 valence electrons. The number of rotatable bonds is 0. The minimum Gasteiger partial charge on any atom is -0.376 e. The maximum atomic E-state index is 5.79. The first-order valence-electron chi connectivity index (χ1n) is 6.07. The zero-order chi connectivity index (χ0) is 10.1. The standard InChI is InChI=1S/C14H18O/c1-4-8-14(9-5-1)11-15-10-12-6-2-3-7-13(12)14/h2-3,6-7H,1,4-5,8-11H2. The largest absolute Gasteiger partial charge is 0.376 e. The van der Waals surface area contributed by atoms with Crippen molar-refractivity contribution in [3.05, 3.63) is 35.4 Å². The maximum absolute atomic E-state index is 5.79. The summed E-state index contributed by atoms with van der Waals surface area (Å²) in [4.78, 5) is 0.